The maximum atomic E-state index is 5.94. The van der Waals surface area contributed by atoms with E-state index in [1.54, 1.807) is 0 Å². The Hall–Kier alpha value is -1.26. The summed E-state index contributed by atoms with van der Waals surface area (Å²) in [7, 11) is 0. The van der Waals surface area contributed by atoms with Crippen molar-refractivity contribution < 1.29 is 0 Å². The molecule has 0 saturated carbocycles. The Morgan fingerprint density at radius 3 is 2.29 bits per heavy atom. The summed E-state index contributed by atoms with van der Waals surface area (Å²) < 4.78 is 1.07. The third-order valence-electron chi connectivity index (χ3n) is 3.73. The summed E-state index contributed by atoms with van der Waals surface area (Å²) in [6, 6.07) is 10.2. The lowest BCUT2D eigenvalue weighted by Gasteiger charge is -2.37. The normalized spacial score (nSPS) is 15.4. The van der Waals surface area contributed by atoms with Crippen molar-refractivity contribution >= 4 is 39.0 Å². The van der Waals surface area contributed by atoms with Crippen molar-refractivity contribution in [2.75, 3.05) is 36.0 Å². The minimum absolute atomic E-state index is 0.783. The first-order chi connectivity index (χ1) is 10.1. The van der Waals surface area contributed by atoms with Crippen LogP contribution in [0.1, 0.15) is 5.56 Å². The van der Waals surface area contributed by atoms with E-state index in [0.29, 0.717) is 0 Å². The van der Waals surface area contributed by atoms with Gasteiger partial charge in [-0.3, -0.25) is 0 Å². The number of pyridine rings is 1. The summed E-state index contributed by atoms with van der Waals surface area (Å²) in [5.74, 6) is 1.04. The smallest absolute Gasteiger partial charge is 0.142 e. The molecule has 0 radical (unpaired) electrons. The molecule has 3 nitrogen and oxygen atoms in total. The lowest BCUT2D eigenvalue weighted by Crippen LogP contribution is -2.47. The fourth-order valence-corrected chi connectivity index (χ4v) is 3.43. The van der Waals surface area contributed by atoms with Crippen LogP contribution < -0.4 is 9.80 Å². The van der Waals surface area contributed by atoms with Crippen LogP contribution in [0, 0.1) is 6.92 Å². The highest BCUT2D eigenvalue weighted by Crippen LogP contribution is 2.26. The SMILES string of the molecule is Cc1cnc(N2CCN(c3ccc(Cl)cc3)CC2)c(Br)c1. The lowest BCUT2D eigenvalue weighted by molar-refractivity contribution is 0.646. The second kappa shape index (κ2) is 6.24. The number of halogens is 2. The third-order valence-corrected chi connectivity index (χ3v) is 4.56. The molecule has 5 heteroatoms. The van der Waals surface area contributed by atoms with Crippen LogP contribution in [0.5, 0.6) is 0 Å². The lowest BCUT2D eigenvalue weighted by atomic mass is 10.2. The molecule has 2 heterocycles. The van der Waals surface area contributed by atoms with Gasteiger partial charge in [-0.15, -0.1) is 0 Å². The Bertz CT molecular complexity index is 622. The fraction of sp³-hybridized carbons (Fsp3) is 0.312. The number of anilines is 2. The Balaban J connectivity index is 1.68. The number of hydrogen-bond acceptors (Lipinski definition) is 3. The first-order valence-corrected chi connectivity index (χ1v) is 8.18. The molecule has 1 aromatic heterocycles. The number of benzene rings is 1. The summed E-state index contributed by atoms with van der Waals surface area (Å²) >= 11 is 9.56. The Morgan fingerprint density at radius 2 is 1.67 bits per heavy atom. The molecule has 0 bridgehead atoms. The first kappa shape index (κ1) is 14.7. The number of hydrogen-bond donors (Lipinski definition) is 0. The zero-order chi connectivity index (χ0) is 14.8. The maximum Gasteiger partial charge on any atom is 0.142 e. The van der Waals surface area contributed by atoms with Crippen molar-refractivity contribution in [3.63, 3.8) is 0 Å². The third kappa shape index (κ3) is 3.33. The van der Waals surface area contributed by atoms with E-state index in [1.807, 2.05) is 18.3 Å². The molecule has 1 fully saturated rings. The minimum Gasteiger partial charge on any atom is -0.368 e. The van der Waals surface area contributed by atoms with E-state index in [-0.39, 0.29) is 0 Å². The molecule has 1 aliphatic rings. The van der Waals surface area contributed by atoms with E-state index < -0.39 is 0 Å². The Labute approximate surface area is 138 Å². The molecule has 0 atom stereocenters. The van der Waals surface area contributed by atoms with Gasteiger partial charge in [-0.25, -0.2) is 4.98 Å². The van der Waals surface area contributed by atoms with Gasteiger partial charge < -0.3 is 9.80 Å². The number of piperazine rings is 1. The van der Waals surface area contributed by atoms with Gasteiger partial charge in [0, 0.05) is 43.1 Å². The summed E-state index contributed by atoms with van der Waals surface area (Å²) in [4.78, 5) is 9.27. The zero-order valence-corrected chi connectivity index (χ0v) is 14.2. The molecular weight excluding hydrogens is 350 g/mol. The monoisotopic (exact) mass is 365 g/mol. The van der Waals surface area contributed by atoms with Gasteiger partial charge in [0.25, 0.3) is 0 Å². The van der Waals surface area contributed by atoms with Gasteiger partial charge in [0.1, 0.15) is 5.82 Å². The molecule has 3 rings (SSSR count). The quantitative estimate of drug-likeness (QED) is 0.796. The second-order valence-electron chi connectivity index (χ2n) is 5.27. The minimum atomic E-state index is 0.783. The average molecular weight is 367 g/mol. The van der Waals surface area contributed by atoms with E-state index in [1.165, 1.54) is 11.3 Å². The largest absolute Gasteiger partial charge is 0.368 e. The molecule has 0 N–H and O–H groups in total. The molecule has 0 aliphatic carbocycles. The molecule has 0 unspecified atom stereocenters. The van der Waals surface area contributed by atoms with Crippen LogP contribution in [0.3, 0.4) is 0 Å². The summed E-state index contributed by atoms with van der Waals surface area (Å²) in [5, 5.41) is 0.783. The number of aryl methyl sites for hydroxylation is 1. The zero-order valence-electron chi connectivity index (χ0n) is 11.9. The van der Waals surface area contributed by atoms with E-state index in [9.17, 15) is 0 Å². The Morgan fingerprint density at radius 1 is 1.05 bits per heavy atom. The van der Waals surface area contributed by atoms with Crippen molar-refractivity contribution in [1.82, 2.24) is 4.98 Å². The van der Waals surface area contributed by atoms with Crippen LogP contribution >= 0.6 is 27.5 Å². The van der Waals surface area contributed by atoms with Gasteiger partial charge in [0.05, 0.1) is 4.47 Å². The highest BCUT2D eigenvalue weighted by Gasteiger charge is 2.19. The number of nitrogens with zero attached hydrogens (tertiary/aromatic N) is 3. The molecule has 21 heavy (non-hydrogen) atoms. The number of aromatic nitrogens is 1. The van der Waals surface area contributed by atoms with Crippen molar-refractivity contribution in [2.45, 2.75) is 6.92 Å². The van der Waals surface area contributed by atoms with Crippen LogP contribution in [-0.4, -0.2) is 31.2 Å². The van der Waals surface area contributed by atoms with Gasteiger partial charge in [0.15, 0.2) is 0 Å². The van der Waals surface area contributed by atoms with Gasteiger partial charge >= 0.3 is 0 Å². The summed E-state index contributed by atoms with van der Waals surface area (Å²) in [6.07, 6.45) is 1.92. The fourth-order valence-electron chi connectivity index (χ4n) is 2.59. The standard InChI is InChI=1S/C16H17BrClN3/c1-12-10-15(17)16(19-11-12)21-8-6-20(7-9-21)14-4-2-13(18)3-5-14/h2-5,10-11H,6-9H2,1H3. The van der Waals surface area contributed by atoms with E-state index >= 15 is 0 Å². The average Bonchev–Trinajstić information content (AvgIpc) is 2.48. The van der Waals surface area contributed by atoms with E-state index in [4.69, 9.17) is 11.6 Å². The van der Waals surface area contributed by atoms with Crippen molar-refractivity contribution in [3.8, 4) is 0 Å². The molecule has 1 aromatic carbocycles. The molecule has 0 amide bonds. The topological polar surface area (TPSA) is 19.4 Å². The molecular formula is C16H17BrClN3. The van der Waals surface area contributed by atoms with Crippen molar-refractivity contribution in [3.05, 3.63) is 51.6 Å². The Kier molecular flexibility index (Phi) is 4.36. The molecule has 0 spiro atoms. The predicted molar refractivity (Wildman–Crippen MR) is 92.6 cm³/mol. The van der Waals surface area contributed by atoms with Gasteiger partial charge in [-0.05, 0) is 58.7 Å². The van der Waals surface area contributed by atoms with Gasteiger partial charge in [-0.1, -0.05) is 11.6 Å². The van der Waals surface area contributed by atoms with Gasteiger partial charge in [-0.2, -0.15) is 0 Å². The molecule has 2 aromatic rings. The first-order valence-electron chi connectivity index (χ1n) is 7.01. The van der Waals surface area contributed by atoms with Crippen LogP contribution in [0.4, 0.5) is 11.5 Å². The maximum absolute atomic E-state index is 5.94. The van der Waals surface area contributed by atoms with Crippen LogP contribution in [-0.2, 0) is 0 Å². The second-order valence-corrected chi connectivity index (χ2v) is 6.56. The van der Waals surface area contributed by atoms with Gasteiger partial charge in [0.2, 0.25) is 0 Å². The van der Waals surface area contributed by atoms with Crippen molar-refractivity contribution in [2.24, 2.45) is 0 Å². The number of rotatable bonds is 2. The van der Waals surface area contributed by atoms with E-state index in [0.717, 1.165) is 41.5 Å². The highest BCUT2D eigenvalue weighted by atomic mass is 79.9. The van der Waals surface area contributed by atoms with E-state index in [2.05, 4.69) is 55.8 Å². The van der Waals surface area contributed by atoms with Crippen molar-refractivity contribution in [1.29, 1.82) is 0 Å². The van der Waals surface area contributed by atoms with Crippen LogP contribution in [0.15, 0.2) is 41.0 Å². The predicted octanol–water partition coefficient (Wildman–Crippen LogP) is 4.13. The summed E-state index contributed by atoms with van der Waals surface area (Å²) in [5.41, 5.74) is 2.40. The highest BCUT2D eigenvalue weighted by molar-refractivity contribution is 9.10. The summed E-state index contributed by atoms with van der Waals surface area (Å²) in [6.45, 7) is 5.97. The molecule has 1 aliphatic heterocycles. The van der Waals surface area contributed by atoms with Crippen LogP contribution in [0.2, 0.25) is 5.02 Å². The molecule has 110 valence electrons. The van der Waals surface area contributed by atoms with Crippen LogP contribution in [0.25, 0.3) is 0 Å². The molecule has 1 saturated heterocycles.